The minimum absolute atomic E-state index is 0.0665. The van der Waals surface area contributed by atoms with Gasteiger partial charge in [0.2, 0.25) is 5.95 Å². The quantitative estimate of drug-likeness (QED) is 0.732. The van der Waals surface area contributed by atoms with Crippen molar-refractivity contribution in [3.63, 3.8) is 0 Å². The number of benzene rings is 2. The van der Waals surface area contributed by atoms with E-state index in [9.17, 15) is 14.0 Å². The van der Waals surface area contributed by atoms with E-state index in [1.807, 2.05) is 0 Å². The number of hydrogen-bond acceptors (Lipinski definition) is 5. The van der Waals surface area contributed by atoms with Gasteiger partial charge >= 0.3 is 0 Å². The van der Waals surface area contributed by atoms with E-state index in [2.05, 4.69) is 15.3 Å². The third-order valence-electron chi connectivity index (χ3n) is 4.96. The monoisotopic (exact) mass is 391 g/mol. The second-order valence-electron chi connectivity index (χ2n) is 6.79. The molecule has 1 aliphatic rings. The molecule has 0 saturated heterocycles. The molecule has 0 fully saturated rings. The van der Waals surface area contributed by atoms with Crippen LogP contribution in [0.5, 0.6) is 5.75 Å². The van der Waals surface area contributed by atoms with Gasteiger partial charge in [0, 0.05) is 12.6 Å². The van der Waals surface area contributed by atoms with E-state index >= 15 is 0 Å². The second kappa shape index (κ2) is 7.79. The molecule has 1 amide bonds. The summed E-state index contributed by atoms with van der Waals surface area (Å²) in [6, 6.07) is 13.0. The predicted molar refractivity (Wildman–Crippen MR) is 105 cm³/mol. The minimum atomic E-state index is -0.403. The van der Waals surface area contributed by atoms with Crippen LogP contribution in [0.15, 0.2) is 54.7 Å². The number of rotatable bonds is 4. The number of nitrogens with zero attached hydrogens (tertiary/aromatic N) is 2. The summed E-state index contributed by atoms with van der Waals surface area (Å²) in [5.41, 5.74) is 2.26. The van der Waals surface area contributed by atoms with E-state index in [1.54, 1.807) is 36.4 Å². The zero-order chi connectivity index (χ0) is 20.4. The highest BCUT2D eigenvalue weighted by molar-refractivity contribution is 6.05. The lowest BCUT2D eigenvalue weighted by atomic mass is 9.82. The summed E-state index contributed by atoms with van der Waals surface area (Å²) in [6.07, 6.45) is 2.27. The van der Waals surface area contributed by atoms with Crippen LogP contribution in [-0.4, -0.2) is 28.8 Å². The Labute approximate surface area is 166 Å². The van der Waals surface area contributed by atoms with Crippen LogP contribution in [0.25, 0.3) is 0 Å². The number of Topliss-reactive ketones (excluding diaryl/α,β-unsaturated/α-hetero) is 1. The Hall–Kier alpha value is -3.61. The van der Waals surface area contributed by atoms with Crippen LogP contribution in [0.4, 0.5) is 10.3 Å². The number of methoxy groups -OCH3 is 1. The molecular weight excluding hydrogens is 373 g/mol. The molecule has 0 unspecified atom stereocenters. The lowest BCUT2D eigenvalue weighted by Gasteiger charge is -2.23. The summed E-state index contributed by atoms with van der Waals surface area (Å²) < 4.78 is 18.4. The highest BCUT2D eigenvalue weighted by Gasteiger charge is 2.28. The molecule has 0 spiro atoms. The fourth-order valence-electron chi connectivity index (χ4n) is 3.48. The first-order valence-electron chi connectivity index (χ1n) is 9.14. The largest absolute Gasteiger partial charge is 0.496 e. The zero-order valence-electron chi connectivity index (χ0n) is 15.7. The van der Waals surface area contributed by atoms with Gasteiger partial charge in [-0.3, -0.25) is 14.9 Å². The van der Waals surface area contributed by atoms with Gasteiger partial charge in [0.05, 0.1) is 23.9 Å². The van der Waals surface area contributed by atoms with Gasteiger partial charge in [-0.1, -0.05) is 24.3 Å². The van der Waals surface area contributed by atoms with Gasteiger partial charge in [-0.25, -0.2) is 14.4 Å². The fraction of sp³-hybridized carbons (Fsp3) is 0.182. The number of nitrogens with one attached hydrogen (secondary N) is 1. The van der Waals surface area contributed by atoms with Crippen molar-refractivity contribution in [1.29, 1.82) is 0 Å². The Balaban J connectivity index is 1.58. The molecular formula is C22H18FN3O3. The summed E-state index contributed by atoms with van der Waals surface area (Å²) >= 11 is 0. The van der Waals surface area contributed by atoms with Crippen molar-refractivity contribution < 1.29 is 18.7 Å². The number of amides is 1. The number of ether oxygens (including phenoxy) is 1. The van der Waals surface area contributed by atoms with E-state index < -0.39 is 5.91 Å². The molecule has 1 N–H and O–H groups in total. The van der Waals surface area contributed by atoms with Gasteiger partial charge in [-0.2, -0.15) is 0 Å². The number of halogens is 1. The standard InChI is InChI=1S/C22H18FN3O3/c1-29-20-5-3-2-4-16(20)21(28)26-22-24-12-17-18(25-22)10-14(11-19(17)27)13-6-8-15(23)9-7-13/h2-9,12,14H,10-11H2,1H3,(H,24,25,26,28)/t14-/m1/s1. The summed E-state index contributed by atoms with van der Waals surface area (Å²) in [5, 5.41) is 2.66. The average Bonchev–Trinajstić information content (AvgIpc) is 2.74. The molecule has 2 aromatic carbocycles. The number of carbonyl (C=O) groups excluding carboxylic acids is 2. The summed E-state index contributed by atoms with van der Waals surface area (Å²) in [5.74, 6) is -0.326. The topological polar surface area (TPSA) is 81.2 Å². The van der Waals surface area contributed by atoms with Crippen molar-refractivity contribution in [2.45, 2.75) is 18.8 Å². The number of anilines is 1. The molecule has 146 valence electrons. The first-order chi connectivity index (χ1) is 14.0. The molecule has 0 bridgehead atoms. The Kier molecular flexibility index (Phi) is 5.03. The van der Waals surface area contributed by atoms with E-state index in [1.165, 1.54) is 25.4 Å². The van der Waals surface area contributed by atoms with Crippen LogP contribution in [0.2, 0.25) is 0 Å². The number of hydrogen-bond donors (Lipinski definition) is 1. The van der Waals surface area contributed by atoms with Crippen LogP contribution in [0.3, 0.4) is 0 Å². The molecule has 29 heavy (non-hydrogen) atoms. The molecule has 6 nitrogen and oxygen atoms in total. The van der Waals surface area contributed by atoms with Gasteiger partial charge in [0.25, 0.3) is 5.91 Å². The van der Waals surface area contributed by atoms with E-state index in [0.29, 0.717) is 35.4 Å². The first kappa shape index (κ1) is 18.7. The van der Waals surface area contributed by atoms with E-state index in [4.69, 9.17) is 4.74 Å². The summed E-state index contributed by atoms with van der Waals surface area (Å²) in [4.78, 5) is 33.6. The number of aromatic nitrogens is 2. The maximum atomic E-state index is 13.2. The second-order valence-corrected chi connectivity index (χ2v) is 6.79. The molecule has 0 saturated carbocycles. The number of ketones is 1. The van der Waals surface area contributed by atoms with Gasteiger partial charge in [0.1, 0.15) is 11.6 Å². The number of carbonyl (C=O) groups is 2. The van der Waals surface area contributed by atoms with Crippen LogP contribution in [-0.2, 0) is 6.42 Å². The van der Waals surface area contributed by atoms with Crippen LogP contribution < -0.4 is 10.1 Å². The van der Waals surface area contributed by atoms with Crippen molar-refractivity contribution in [3.8, 4) is 5.75 Å². The predicted octanol–water partition coefficient (Wildman–Crippen LogP) is 3.79. The van der Waals surface area contributed by atoms with Crippen LogP contribution in [0, 0.1) is 5.82 Å². The van der Waals surface area contributed by atoms with Crippen molar-refractivity contribution in [2.75, 3.05) is 12.4 Å². The highest BCUT2D eigenvalue weighted by atomic mass is 19.1. The zero-order valence-corrected chi connectivity index (χ0v) is 15.7. The third-order valence-corrected chi connectivity index (χ3v) is 4.96. The molecule has 3 aromatic rings. The van der Waals surface area contributed by atoms with Crippen LogP contribution in [0.1, 0.15) is 44.3 Å². The van der Waals surface area contributed by atoms with Crippen molar-refractivity contribution >= 4 is 17.6 Å². The van der Waals surface area contributed by atoms with Crippen molar-refractivity contribution in [1.82, 2.24) is 9.97 Å². The average molecular weight is 391 g/mol. The number of fused-ring (bicyclic) bond motifs is 1. The van der Waals surface area contributed by atoms with Crippen molar-refractivity contribution in [2.24, 2.45) is 0 Å². The van der Waals surface area contributed by atoms with Gasteiger partial charge in [-0.15, -0.1) is 0 Å². The van der Waals surface area contributed by atoms with E-state index in [-0.39, 0.29) is 23.5 Å². The third kappa shape index (κ3) is 3.85. The lowest BCUT2D eigenvalue weighted by Crippen LogP contribution is -2.22. The molecule has 0 radical (unpaired) electrons. The summed E-state index contributed by atoms with van der Waals surface area (Å²) in [7, 11) is 1.49. The Morgan fingerprint density at radius 3 is 2.66 bits per heavy atom. The van der Waals surface area contributed by atoms with Gasteiger partial charge in [-0.05, 0) is 42.2 Å². The Morgan fingerprint density at radius 2 is 1.90 bits per heavy atom. The summed E-state index contributed by atoms with van der Waals surface area (Å²) in [6.45, 7) is 0. The SMILES string of the molecule is COc1ccccc1C(=O)Nc1ncc2c(n1)C[C@@H](c1ccc(F)cc1)CC2=O. The Bertz CT molecular complexity index is 1080. The molecule has 0 aliphatic heterocycles. The normalized spacial score (nSPS) is 15.5. The molecule has 4 rings (SSSR count). The van der Waals surface area contributed by atoms with Gasteiger partial charge < -0.3 is 4.74 Å². The number of para-hydroxylation sites is 1. The molecule has 1 atom stereocenters. The lowest BCUT2D eigenvalue weighted by molar-refractivity contribution is 0.0962. The minimum Gasteiger partial charge on any atom is -0.496 e. The molecule has 7 heteroatoms. The maximum absolute atomic E-state index is 13.2. The van der Waals surface area contributed by atoms with E-state index in [0.717, 1.165) is 5.56 Å². The highest BCUT2D eigenvalue weighted by Crippen LogP contribution is 2.32. The van der Waals surface area contributed by atoms with Crippen molar-refractivity contribution in [3.05, 3.63) is 82.9 Å². The maximum Gasteiger partial charge on any atom is 0.261 e. The van der Waals surface area contributed by atoms with Crippen LogP contribution >= 0.6 is 0 Å². The molecule has 1 aliphatic carbocycles. The smallest absolute Gasteiger partial charge is 0.261 e. The first-order valence-corrected chi connectivity index (χ1v) is 9.14. The molecule has 1 aromatic heterocycles. The molecule has 1 heterocycles. The Morgan fingerprint density at radius 1 is 1.14 bits per heavy atom. The fourth-order valence-corrected chi connectivity index (χ4v) is 3.48. The van der Waals surface area contributed by atoms with Gasteiger partial charge in [0.15, 0.2) is 5.78 Å².